The van der Waals surface area contributed by atoms with Gasteiger partial charge in [-0.15, -0.1) is 0 Å². The molecule has 2 aliphatic heterocycles. The van der Waals surface area contributed by atoms with Crippen molar-refractivity contribution in [3.63, 3.8) is 0 Å². The van der Waals surface area contributed by atoms with Crippen LogP contribution in [-0.2, 0) is 14.8 Å². The highest BCUT2D eigenvalue weighted by Crippen LogP contribution is 2.33. The Morgan fingerprint density at radius 3 is 2.51 bits per heavy atom. The number of aryl methyl sites for hydroxylation is 1. The molecule has 2 aliphatic rings. The molecule has 13 nitrogen and oxygen atoms in total. The second-order valence-corrected chi connectivity index (χ2v) is 15.2. The molecule has 2 saturated heterocycles. The fraction of sp³-hybridized carbons (Fsp3) is 0.438. The van der Waals surface area contributed by atoms with E-state index in [2.05, 4.69) is 96.5 Å². The average molecular weight is 680 g/mol. The number of nitrogens with zero attached hydrogens (tertiary/aromatic N) is 7. The predicted octanol–water partition coefficient (Wildman–Crippen LogP) is 3.80. The van der Waals surface area contributed by atoms with Crippen molar-refractivity contribution < 1.29 is 17.9 Å². The minimum atomic E-state index is -3.74. The van der Waals surface area contributed by atoms with Crippen LogP contribution >= 0.6 is 11.3 Å². The van der Waals surface area contributed by atoms with Gasteiger partial charge < -0.3 is 19.9 Å². The number of anilines is 3. The molecule has 0 aliphatic carbocycles. The Morgan fingerprint density at radius 1 is 1.02 bits per heavy atom. The first-order chi connectivity index (χ1) is 22.6. The minimum absolute atomic E-state index is 0.0520. The first-order valence-electron chi connectivity index (χ1n) is 15.7. The Morgan fingerprint density at radius 2 is 1.77 bits per heavy atom. The summed E-state index contributed by atoms with van der Waals surface area (Å²) < 4.78 is 33.0. The molecule has 0 bridgehead atoms. The number of carbonyl (C=O) groups is 1. The molecule has 2 N–H and O–H groups in total. The molecule has 0 saturated carbocycles. The lowest BCUT2D eigenvalue weighted by molar-refractivity contribution is 0.184. The third-order valence-corrected chi connectivity index (χ3v) is 12.2. The lowest BCUT2D eigenvalue weighted by Crippen LogP contribution is -2.50. The number of fused-ring (bicyclic) bond motifs is 1. The van der Waals surface area contributed by atoms with Gasteiger partial charge in [-0.2, -0.15) is 4.31 Å². The number of nitrogens with one attached hydrogen (secondary N) is 2. The topological polar surface area (TPSA) is 136 Å². The lowest BCUT2D eigenvalue weighted by atomic mass is 10.0. The number of amides is 1. The molecule has 1 amide bonds. The van der Waals surface area contributed by atoms with Gasteiger partial charge in [0.1, 0.15) is 12.1 Å². The molecule has 0 spiro atoms. The van der Waals surface area contributed by atoms with E-state index in [1.807, 2.05) is 0 Å². The number of para-hydroxylation sites is 1. The fourth-order valence-electron chi connectivity index (χ4n) is 6.12. The monoisotopic (exact) mass is 679 g/mol. The van der Waals surface area contributed by atoms with Crippen LogP contribution in [0, 0.1) is 6.92 Å². The van der Waals surface area contributed by atoms with Gasteiger partial charge in [0.2, 0.25) is 0 Å². The molecule has 1 unspecified atom stereocenters. The number of methoxy groups -OCH3 is 1. The molecule has 4 aromatic rings. The molecule has 4 heterocycles. The Bertz CT molecular complexity index is 1840. The van der Waals surface area contributed by atoms with Gasteiger partial charge in [0, 0.05) is 81.6 Å². The molecule has 0 radical (unpaired) electrons. The normalized spacial score (nSPS) is 17.5. The van der Waals surface area contributed by atoms with Gasteiger partial charge in [0.05, 0.1) is 18.3 Å². The summed E-state index contributed by atoms with van der Waals surface area (Å²) >= 11 is 0.932. The van der Waals surface area contributed by atoms with E-state index in [0.717, 1.165) is 71.9 Å². The number of hydrogen-bond acceptors (Lipinski definition) is 12. The van der Waals surface area contributed by atoms with Crippen LogP contribution in [0.4, 0.5) is 21.4 Å². The van der Waals surface area contributed by atoms with E-state index in [4.69, 9.17) is 4.98 Å². The number of ether oxygens (including phenoxy) is 1. The molecule has 250 valence electrons. The van der Waals surface area contributed by atoms with Crippen molar-refractivity contribution in [3.05, 3.63) is 54.5 Å². The zero-order chi connectivity index (χ0) is 33.1. The summed E-state index contributed by atoms with van der Waals surface area (Å²) in [7, 11) is -0.337. The summed E-state index contributed by atoms with van der Waals surface area (Å²) in [5, 5.41) is 7.18. The number of benzene rings is 2. The van der Waals surface area contributed by atoms with E-state index >= 15 is 0 Å². The van der Waals surface area contributed by atoms with Gasteiger partial charge in [-0.1, -0.05) is 35.6 Å². The number of rotatable bonds is 9. The fourth-order valence-corrected chi connectivity index (χ4v) is 9.08. The highest BCUT2D eigenvalue weighted by atomic mass is 32.2. The first-order valence-corrected chi connectivity index (χ1v) is 18.0. The van der Waals surface area contributed by atoms with Gasteiger partial charge in [-0.05, 0) is 44.7 Å². The van der Waals surface area contributed by atoms with E-state index in [9.17, 15) is 13.2 Å². The maximum atomic E-state index is 13.4. The molecule has 2 aromatic carbocycles. The molecular formula is C32H41N9O4S2. The smallest absolute Gasteiger partial charge is 0.413 e. The summed E-state index contributed by atoms with van der Waals surface area (Å²) in [6.45, 7) is 10.5. The Hall–Kier alpha value is -3.89. The zero-order valence-electron chi connectivity index (χ0n) is 27.1. The number of likely N-dealkylation sites (N-methyl/N-ethyl adjacent to an activating group) is 1. The number of piperazine rings is 2. The quantitative estimate of drug-likeness (QED) is 0.267. The van der Waals surface area contributed by atoms with Gasteiger partial charge in [-0.3, -0.25) is 10.2 Å². The molecular weight excluding hydrogens is 639 g/mol. The van der Waals surface area contributed by atoms with Crippen molar-refractivity contribution in [1.29, 1.82) is 0 Å². The van der Waals surface area contributed by atoms with E-state index in [1.54, 1.807) is 13.3 Å². The number of hydrogen-bond donors (Lipinski definition) is 2. The van der Waals surface area contributed by atoms with Crippen molar-refractivity contribution in [2.45, 2.75) is 24.1 Å². The predicted molar refractivity (Wildman–Crippen MR) is 186 cm³/mol. The second-order valence-electron chi connectivity index (χ2n) is 12.0. The van der Waals surface area contributed by atoms with Gasteiger partial charge in [-0.25, -0.2) is 28.2 Å². The molecule has 2 fully saturated rings. The maximum Gasteiger partial charge on any atom is 0.413 e. The number of thiazole rings is 1. The third kappa shape index (κ3) is 7.33. The minimum Gasteiger partial charge on any atom is -0.453 e. The standard InChI is InChI=1S/C32H41N9O4S2/c1-22(20-39-13-17-41(18-14-39)47(43,44)30-23(2)36-31(46-30)37-32(42)45-4)35-29-27-10-6-9-26(28(27)33-21-34-29)24-7-5-8-25(19-24)40-15-11-38(3)12-16-40/h5-10,19,21-22H,11-18,20H2,1-4H3,(H,33,34,35)(H,36,37,42). The van der Waals surface area contributed by atoms with E-state index in [1.165, 1.54) is 17.1 Å². The van der Waals surface area contributed by atoms with E-state index in [0.29, 0.717) is 31.9 Å². The van der Waals surface area contributed by atoms with Crippen LogP contribution < -0.4 is 15.5 Å². The van der Waals surface area contributed by atoms with Crippen LogP contribution in [-0.4, -0.2) is 123 Å². The van der Waals surface area contributed by atoms with Crippen LogP contribution in [0.15, 0.2) is 53.0 Å². The van der Waals surface area contributed by atoms with Crippen molar-refractivity contribution in [2.24, 2.45) is 0 Å². The average Bonchev–Trinajstić information content (AvgIpc) is 3.45. The van der Waals surface area contributed by atoms with Crippen molar-refractivity contribution >= 4 is 55.0 Å². The van der Waals surface area contributed by atoms with Crippen molar-refractivity contribution in [3.8, 4) is 11.1 Å². The van der Waals surface area contributed by atoms with Crippen LogP contribution in [0.3, 0.4) is 0 Å². The van der Waals surface area contributed by atoms with E-state index < -0.39 is 16.1 Å². The van der Waals surface area contributed by atoms with Crippen molar-refractivity contribution in [1.82, 2.24) is 29.1 Å². The zero-order valence-corrected chi connectivity index (χ0v) is 28.8. The summed E-state index contributed by atoms with van der Waals surface area (Å²) in [5.41, 5.74) is 4.67. The summed E-state index contributed by atoms with van der Waals surface area (Å²) in [4.78, 5) is 32.1. The Balaban J connectivity index is 1.10. The lowest BCUT2D eigenvalue weighted by Gasteiger charge is -2.35. The highest BCUT2D eigenvalue weighted by molar-refractivity contribution is 7.91. The van der Waals surface area contributed by atoms with Gasteiger partial charge in [0.25, 0.3) is 10.0 Å². The SMILES string of the molecule is COC(=O)Nc1nc(C)c(S(=O)(=O)N2CCN(CC(C)Nc3ncnc4c(-c5cccc(N6CCN(C)CC6)c5)cccc34)CC2)s1. The maximum absolute atomic E-state index is 13.4. The first kappa shape index (κ1) is 33.0. The number of carbonyl (C=O) groups excluding carboxylic acids is 1. The van der Waals surface area contributed by atoms with Crippen LogP contribution in [0.1, 0.15) is 12.6 Å². The Labute approximate surface area is 279 Å². The van der Waals surface area contributed by atoms with Crippen molar-refractivity contribution in [2.75, 3.05) is 88.6 Å². The van der Waals surface area contributed by atoms with Gasteiger partial charge >= 0.3 is 6.09 Å². The summed E-state index contributed by atoms with van der Waals surface area (Å²) in [6, 6.07) is 15.0. The van der Waals surface area contributed by atoms with Gasteiger partial charge in [0.15, 0.2) is 9.34 Å². The van der Waals surface area contributed by atoms with E-state index in [-0.39, 0.29) is 15.4 Å². The third-order valence-electron chi connectivity index (χ3n) is 8.66. The number of sulfonamides is 1. The second kappa shape index (κ2) is 14.1. The molecule has 15 heteroatoms. The Kier molecular flexibility index (Phi) is 9.89. The van der Waals surface area contributed by atoms with Crippen LogP contribution in [0.2, 0.25) is 0 Å². The van der Waals surface area contributed by atoms with Crippen LogP contribution in [0.5, 0.6) is 0 Å². The molecule has 2 aromatic heterocycles. The largest absolute Gasteiger partial charge is 0.453 e. The molecule has 1 atom stereocenters. The summed E-state index contributed by atoms with van der Waals surface area (Å²) in [5.74, 6) is 0.776. The molecule has 6 rings (SSSR count). The number of aromatic nitrogens is 3. The highest BCUT2D eigenvalue weighted by Gasteiger charge is 2.32. The van der Waals surface area contributed by atoms with Crippen LogP contribution in [0.25, 0.3) is 22.0 Å². The summed E-state index contributed by atoms with van der Waals surface area (Å²) in [6.07, 6.45) is 0.920. The molecule has 47 heavy (non-hydrogen) atoms.